The highest BCUT2D eigenvalue weighted by atomic mass is 32.2. The van der Waals surface area contributed by atoms with Crippen molar-refractivity contribution in [2.75, 3.05) is 23.9 Å². The van der Waals surface area contributed by atoms with Gasteiger partial charge >= 0.3 is 28.8 Å². The van der Waals surface area contributed by atoms with Crippen LogP contribution < -0.4 is 29.3 Å². The molecule has 0 aromatic heterocycles. The molecule has 0 saturated heterocycles. The number of urea groups is 1. The summed E-state index contributed by atoms with van der Waals surface area (Å²) in [5.41, 5.74) is -0.704. The second-order valence-corrected chi connectivity index (χ2v) is 14.0. The number of rotatable bonds is 14. The first kappa shape index (κ1) is 44.8. The van der Waals surface area contributed by atoms with E-state index in [4.69, 9.17) is 0 Å². The van der Waals surface area contributed by atoms with E-state index in [1.807, 2.05) is 10.0 Å². The average Bonchev–Trinajstić information content (AvgIpc) is 3.08. The van der Waals surface area contributed by atoms with Gasteiger partial charge in [-0.3, -0.25) is 9.59 Å². The molecule has 0 fully saturated rings. The smallest absolute Gasteiger partial charge is 0.406 e. The van der Waals surface area contributed by atoms with Crippen molar-refractivity contribution in [3.8, 4) is 5.75 Å². The topological polar surface area (TPSA) is 137 Å². The van der Waals surface area contributed by atoms with Crippen LogP contribution in [-0.4, -0.2) is 65.0 Å². The lowest BCUT2D eigenvalue weighted by molar-refractivity contribution is -0.274. The van der Waals surface area contributed by atoms with Crippen LogP contribution in [0.4, 0.5) is 60.1 Å². The quantitative estimate of drug-likeness (QED) is 0.129. The summed E-state index contributed by atoms with van der Waals surface area (Å²) >= 11 is 0. The lowest BCUT2D eigenvalue weighted by atomic mass is 10.0. The van der Waals surface area contributed by atoms with Crippen LogP contribution in [0.1, 0.15) is 16.7 Å². The maximum absolute atomic E-state index is 14.1. The predicted molar refractivity (Wildman–Crippen MR) is 188 cm³/mol. The number of anilines is 2. The molecule has 0 saturated carbocycles. The lowest BCUT2D eigenvalue weighted by Gasteiger charge is -2.26. The normalized spacial score (nSPS) is 13.0. The first-order valence-corrected chi connectivity index (χ1v) is 17.9. The van der Waals surface area contributed by atoms with Crippen LogP contribution in [0.2, 0.25) is 0 Å². The second kappa shape index (κ2) is 18.1. The summed E-state index contributed by atoms with van der Waals surface area (Å²) in [6.07, 6.45) is -12.3. The van der Waals surface area contributed by atoms with E-state index in [9.17, 15) is 66.7 Å². The fourth-order valence-corrected chi connectivity index (χ4v) is 6.42. The standard InChI is InChI=1S/C36H31F10N5O6S/c1-50(27-5-3-20(4-6-27)19-35(41,42)43)32(52)30(15-21-11-23(37)17-24(38)12-21)47-34(54)49-58(55,56)48-31(16-22-13-25(39)18-26(40)14-22)33(53)51(2)28-7-9-29(10-8-28)57-36(44,45)46/h3-14,17-18,30-31,48H,15-16,19H2,1-2H3,(H2,47,49,54)/t30-,31-/m0/s1. The van der Waals surface area contributed by atoms with Crippen LogP contribution in [0.15, 0.2) is 84.9 Å². The van der Waals surface area contributed by atoms with E-state index in [1.165, 1.54) is 4.72 Å². The lowest BCUT2D eigenvalue weighted by Crippen LogP contribution is -2.57. The molecule has 312 valence electrons. The Bertz CT molecular complexity index is 2180. The fraction of sp³-hybridized carbons (Fsp3) is 0.250. The molecule has 0 aliphatic heterocycles. The van der Waals surface area contributed by atoms with Crippen molar-refractivity contribution >= 4 is 39.4 Å². The number of carbonyl (C=O) groups excluding carboxylic acids is 3. The van der Waals surface area contributed by atoms with Crippen LogP contribution in [0.3, 0.4) is 0 Å². The van der Waals surface area contributed by atoms with Crippen LogP contribution in [-0.2, 0) is 39.1 Å². The van der Waals surface area contributed by atoms with Gasteiger partial charge in [0.15, 0.2) is 0 Å². The number of benzene rings is 4. The van der Waals surface area contributed by atoms with Gasteiger partial charge in [0.2, 0.25) is 11.8 Å². The number of alkyl halides is 6. The third-order valence-corrected chi connectivity index (χ3v) is 9.05. The Morgan fingerprint density at radius 1 is 0.638 bits per heavy atom. The van der Waals surface area contributed by atoms with Gasteiger partial charge in [0.25, 0.3) is 0 Å². The molecule has 0 heterocycles. The number of carbonyl (C=O) groups is 3. The molecule has 0 aliphatic carbocycles. The number of likely N-dealkylation sites (N-methyl/N-ethyl adjacent to an activating group) is 2. The number of amides is 4. The maximum atomic E-state index is 14.1. The van der Waals surface area contributed by atoms with Gasteiger partial charge in [0, 0.05) is 44.0 Å². The molecule has 22 heteroatoms. The highest BCUT2D eigenvalue weighted by Gasteiger charge is 2.33. The van der Waals surface area contributed by atoms with Crippen molar-refractivity contribution in [1.29, 1.82) is 0 Å². The summed E-state index contributed by atoms with van der Waals surface area (Å²) < 4.78 is 166. The Kier molecular flexibility index (Phi) is 14.0. The molecule has 0 unspecified atom stereocenters. The third-order valence-electron chi connectivity index (χ3n) is 8.00. The highest BCUT2D eigenvalue weighted by Crippen LogP contribution is 2.26. The van der Waals surface area contributed by atoms with E-state index in [1.54, 1.807) is 0 Å². The van der Waals surface area contributed by atoms with E-state index in [-0.39, 0.29) is 28.1 Å². The molecule has 3 N–H and O–H groups in total. The molecular formula is C36H31F10N5O6S. The number of nitrogens with one attached hydrogen (secondary N) is 3. The van der Waals surface area contributed by atoms with E-state index in [0.29, 0.717) is 12.1 Å². The van der Waals surface area contributed by atoms with Crippen LogP contribution in [0.25, 0.3) is 0 Å². The van der Waals surface area contributed by atoms with Crippen molar-refractivity contribution in [1.82, 2.24) is 14.8 Å². The van der Waals surface area contributed by atoms with Gasteiger partial charge in [-0.05, 0) is 83.8 Å². The minimum atomic E-state index is -5.19. The summed E-state index contributed by atoms with van der Waals surface area (Å²) in [5.74, 6) is -7.21. The number of hydrogen-bond donors (Lipinski definition) is 3. The molecule has 0 bridgehead atoms. The molecule has 4 amide bonds. The minimum absolute atomic E-state index is 0.00428. The number of nitrogens with zero attached hydrogens (tertiary/aromatic N) is 2. The monoisotopic (exact) mass is 851 g/mol. The number of halogens is 10. The Balaban J connectivity index is 1.58. The van der Waals surface area contributed by atoms with Crippen molar-refractivity contribution in [3.05, 3.63) is 125 Å². The van der Waals surface area contributed by atoms with Gasteiger partial charge in [0.1, 0.15) is 41.1 Å². The molecule has 0 radical (unpaired) electrons. The first-order chi connectivity index (χ1) is 26.9. The van der Waals surface area contributed by atoms with Crippen molar-refractivity contribution in [3.63, 3.8) is 0 Å². The van der Waals surface area contributed by atoms with Gasteiger partial charge in [-0.1, -0.05) is 12.1 Å². The van der Waals surface area contributed by atoms with E-state index in [2.05, 4.69) is 4.74 Å². The van der Waals surface area contributed by atoms with Gasteiger partial charge in [-0.2, -0.15) is 26.3 Å². The maximum Gasteiger partial charge on any atom is 0.573 e. The number of hydrogen-bond acceptors (Lipinski definition) is 6. The van der Waals surface area contributed by atoms with Gasteiger partial charge < -0.3 is 19.9 Å². The largest absolute Gasteiger partial charge is 0.573 e. The van der Waals surface area contributed by atoms with Gasteiger partial charge in [-0.25, -0.2) is 27.1 Å². The summed E-state index contributed by atoms with van der Waals surface area (Å²) in [7, 11) is -2.95. The molecule has 4 aromatic carbocycles. The fourth-order valence-electron chi connectivity index (χ4n) is 5.50. The van der Waals surface area contributed by atoms with Gasteiger partial charge in [-0.15, -0.1) is 13.2 Å². The molecule has 4 aromatic rings. The van der Waals surface area contributed by atoms with Gasteiger partial charge in [0.05, 0.1) is 6.42 Å². The molecular weight excluding hydrogens is 820 g/mol. The summed E-state index contributed by atoms with van der Waals surface area (Å²) in [4.78, 5) is 42.1. The van der Waals surface area contributed by atoms with Crippen LogP contribution in [0.5, 0.6) is 5.75 Å². The summed E-state index contributed by atoms with van der Waals surface area (Å²) in [6, 6.07) is 6.89. The third kappa shape index (κ3) is 13.6. The van der Waals surface area contributed by atoms with Crippen LogP contribution in [0, 0.1) is 23.3 Å². The Hall–Kier alpha value is -5.90. The zero-order valence-electron chi connectivity index (χ0n) is 29.9. The highest BCUT2D eigenvalue weighted by molar-refractivity contribution is 7.88. The SMILES string of the molecule is CN(C(=O)[C@H](Cc1cc(F)cc(F)c1)NC(=O)NS(=O)(=O)N[C@@H](Cc1cc(F)cc(F)c1)C(=O)N(C)c1ccc(OC(F)(F)F)cc1)c1ccc(CC(F)(F)F)cc1. The Labute approximate surface area is 323 Å². The summed E-state index contributed by atoms with van der Waals surface area (Å²) in [6.45, 7) is 0. The summed E-state index contributed by atoms with van der Waals surface area (Å²) in [5, 5.41) is 2.05. The Morgan fingerprint density at radius 2 is 1.05 bits per heavy atom. The molecule has 4 rings (SSSR count). The molecule has 0 aliphatic rings. The van der Waals surface area contributed by atoms with Crippen molar-refractivity contribution in [2.24, 2.45) is 0 Å². The first-order valence-electron chi connectivity index (χ1n) is 16.4. The minimum Gasteiger partial charge on any atom is -0.406 e. The van der Waals surface area contributed by atoms with Crippen molar-refractivity contribution in [2.45, 2.75) is 43.9 Å². The van der Waals surface area contributed by atoms with E-state index >= 15 is 0 Å². The zero-order chi connectivity index (χ0) is 43.2. The molecule has 2 atom stereocenters. The molecule has 11 nitrogen and oxygen atoms in total. The predicted octanol–water partition coefficient (Wildman–Crippen LogP) is 6.23. The van der Waals surface area contributed by atoms with Crippen molar-refractivity contribution < 1.29 is 71.4 Å². The zero-order valence-corrected chi connectivity index (χ0v) is 30.7. The second-order valence-electron chi connectivity index (χ2n) is 12.6. The van der Waals surface area contributed by atoms with Crippen LogP contribution >= 0.6 is 0 Å². The molecule has 0 spiro atoms. The van der Waals surface area contributed by atoms with E-state index < -0.39 is 101 Å². The molecule has 58 heavy (non-hydrogen) atoms. The van der Waals surface area contributed by atoms with E-state index in [0.717, 1.165) is 96.7 Å². The average molecular weight is 852 g/mol. The number of ether oxygens (including phenoxy) is 1. The Morgan fingerprint density at radius 3 is 1.48 bits per heavy atom.